The van der Waals surface area contributed by atoms with Crippen molar-refractivity contribution in [1.29, 1.82) is 0 Å². The second kappa shape index (κ2) is 7.26. The fourth-order valence-corrected chi connectivity index (χ4v) is 2.54. The first-order valence-electron chi connectivity index (χ1n) is 7.09. The minimum absolute atomic E-state index is 0.0463. The van der Waals surface area contributed by atoms with Crippen molar-refractivity contribution in [3.63, 3.8) is 0 Å². The number of nitrogens with zero attached hydrogens (tertiary/aromatic N) is 1. The second-order valence-corrected chi connectivity index (χ2v) is 5.15. The van der Waals surface area contributed by atoms with Crippen molar-refractivity contribution in [2.75, 3.05) is 26.2 Å². The van der Waals surface area contributed by atoms with Crippen LogP contribution in [0.3, 0.4) is 0 Å². The molecule has 2 rings (SSSR count). The second-order valence-electron chi connectivity index (χ2n) is 5.15. The highest BCUT2D eigenvalue weighted by Gasteiger charge is 2.22. The normalized spacial score (nSPS) is 19.0. The fraction of sp³-hybridized carbons (Fsp3) is 0.533. The summed E-state index contributed by atoms with van der Waals surface area (Å²) >= 11 is 0. The van der Waals surface area contributed by atoms with Crippen molar-refractivity contribution < 1.29 is 9.53 Å². The molecule has 1 unspecified atom stereocenters. The van der Waals surface area contributed by atoms with Crippen molar-refractivity contribution in [3.8, 4) is 5.75 Å². The van der Waals surface area contributed by atoms with Crippen LogP contribution in [-0.4, -0.2) is 43.1 Å². The first-order chi connectivity index (χ1) is 9.69. The Hall–Kier alpha value is -1.59. The quantitative estimate of drug-likeness (QED) is 0.804. The van der Waals surface area contributed by atoms with E-state index >= 15 is 0 Å². The van der Waals surface area contributed by atoms with Crippen LogP contribution >= 0.6 is 0 Å². The number of para-hydroxylation sites is 1. The topological polar surface area (TPSA) is 67.6 Å². The van der Waals surface area contributed by atoms with Gasteiger partial charge in [0.25, 0.3) is 0 Å². The maximum atomic E-state index is 11.0. The highest BCUT2D eigenvalue weighted by atomic mass is 16.5. The van der Waals surface area contributed by atoms with E-state index < -0.39 is 0 Å². The molecular formula is C15H23N3O2. The zero-order valence-electron chi connectivity index (χ0n) is 12.0. The van der Waals surface area contributed by atoms with Gasteiger partial charge < -0.3 is 15.8 Å². The number of rotatable bonds is 6. The van der Waals surface area contributed by atoms with Crippen LogP contribution in [-0.2, 0) is 11.3 Å². The van der Waals surface area contributed by atoms with Gasteiger partial charge in [0, 0.05) is 44.7 Å². The molecular weight excluding hydrogens is 254 g/mol. The highest BCUT2D eigenvalue weighted by Crippen LogP contribution is 2.17. The smallest absolute Gasteiger partial charge is 0.217 e. The molecule has 3 N–H and O–H groups in total. The summed E-state index contributed by atoms with van der Waals surface area (Å²) in [4.78, 5) is 13.3. The lowest BCUT2D eigenvalue weighted by molar-refractivity contribution is -0.119. The van der Waals surface area contributed by atoms with Gasteiger partial charge in [-0.2, -0.15) is 0 Å². The molecule has 1 aromatic carbocycles. The van der Waals surface area contributed by atoms with Crippen LogP contribution < -0.4 is 15.8 Å². The van der Waals surface area contributed by atoms with E-state index in [1.165, 1.54) is 0 Å². The summed E-state index contributed by atoms with van der Waals surface area (Å²) in [6.07, 6.45) is 1.01. The Morgan fingerprint density at radius 2 is 2.30 bits per heavy atom. The summed E-state index contributed by atoms with van der Waals surface area (Å²) in [5.74, 6) is 0.914. The van der Waals surface area contributed by atoms with E-state index in [0.29, 0.717) is 13.2 Å². The van der Waals surface area contributed by atoms with Crippen LogP contribution in [0.5, 0.6) is 5.75 Å². The summed E-state index contributed by atoms with van der Waals surface area (Å²) in [5.41, 5.74) is 6.71. The number of hydrogen-bond donors (Lipinski definition) is 2. The molecule has 0 aromatic heterocycles. The molecule has 5 heteroatoms. The number of nitrogens with one attached hydrogen (secondary N) is 1. The summed E-state index contributed by atoms with van der Waals surface area (Å²) < 4.78 is 5.80. The number of benzene rings is 1. The van der Waals surface area contributed by atoms with E-state index in [1.54, 1.807) is 6.92 Å². The third-order valence-electron chi connectivity index (χ3n) is 3.54. The molecule has 1 saturated heterocycles. The lowest BCUT2D eigenvalue weighted by Gasteiger charge is -2.17. The number of ether oxygens (including phenoxy) is 1. The molecule has 1 aromatic rings. The molecule has 0 bridgehead atoms. The molecule has 1 heterocycles. The Labute approximate surface area is 120 Å². The Balaban J connectivity index is 1.73. The van der Waals surface area contributed by atoms with Gasteiger partial charge in [0.2, 0.25) is 5.91 Å². The molecule has 1 aliphatic heterocycles. The van der Waals surface area contributed by atoms with Gasteiger partial charge in [-0.25, -0.2) is 0 Å². The molecule has 110 valence electrons. The van der Waals surface area contributed by atoms with E-state index in [0.717, 1.165) is 37.4 Å². The molecule has 20 heavy (non-hydrogen) atoms. The van der Waals surface area contributed by atoms with Gasteiger partial charge in [0.05, 0.1) is 0 Å². The minimum Gasteiger partial charge on any atom is -0.492 e. The van der Waals surface area contributed by atoms with Gasteiger partial charge in [0.1, 0.15) is 12.4 Å². The molecule has 1 fully saturated rings. The van der Waals surface area contributed by atoms with Crippen LogP contribution in [0.2, 0.25) is 0 Å². The van der Waals surface area contributed by atoms with Crippen LogP contribution in [0.4, 0.5) is 0 Å². The van der Waals surface area contributed by atoms with Gasteiger partial charge in [-0.05, 0) is 12.5 Å². The van der Waals surface area contributed by atoms with Gasteiger partial charge >= 0.3 is 0 Å². The Morgan fingerprint density at radius 3 is 3.05 bits per heavy atom. The Morgan fingerprint density at radius 1 is 1.50 bits per heavy atom. The number of likely N-dealkylation sites (tertiary alicyclic amines) is 1. The van der Waals surface area contributed by atoms with E-state index in [4.69, 9.17) is 10.5 Å². The standard InChI is InChI=1S/C15H23N3O2/c1-12(19)17-14-6-7-18(11-14)8-9-20-15-5-3-2-4-13(15)10-16/h2-5,14H,6-11,16H2,1H3,(H,17,19). The number of amides is 1. The van der Waals surface area contributed by atoms with Gasteiger partial charge in [-0.15, -0.1) is 0 Å². The van der Waals surface area contributed by atoms with Crippen molar-refractivity contribution in [2.24, 2.45) is 5.73 Å². The maximum absolute atomic E-state index is 11.0. The highest BCUT2D eigenvalue weighted by molar-refractivity contribution is 5.73. The summed E-state index contributed by atoms with van der Waals surface area (Å²) in [6.45, 7) is 5.48. The van der Waals surface area contributed by atoms with Crippen LogP contribution in [0.1, 0.15) is 18.9 Å². The fourth-order valence-electron chi connectivity index (χ4n) is 2.54. The summed E-state index contributed by atoms with van der Waals surface area (Å²) in [7, 11) is 0. The molecule has 1 atom stereocenters. The molecule has 0 saturated carbocycles. The molecule has 1 amide bonds. The van der Waals surface area contributed by atoms with Crippen molar-refractivity contribution in [3.05, 3.63) is 29.8 Å². The average Bonchev–Trinajstić information content (AvgIpc) is 2.86. The van der Waals surface area contributed by atoms with Gasteiger partial charge in [-0.3, -0.25) is 9.69 Å². The molecule has 1 aliphatic rings. The third kappa shape index (κ3) is 4.21. The van der Waals surface area contributed by atoms with Crippen LogP contribution in [0, 0.1) is 0 Å². The first kappa shape index (κ1) is 14.8. The molecule has 0 spiro atoms. The lowest BCUT2D eigenvalue weighted by atomic mass is 10.2. The van der Waals surface area contributed by atoms with Crippen molar-refractivity contribution >= 4 is 5.91 Å². The monoisotopic (exact) mass is 277 g/mol. The van der Waals surface area contributed by atoms with Crippen LogP contribution in [0.15, 0.2) is 24.3 Å². The maximum Gasteiger partial charge on any atom is 0.217 e. The summed E-state index contributed by atoms with van der Waals surface area (Å²) in [6, 6.07) is 8.14. The van der Waals surface area contributed by atoms with E-state index in [1.807, 2.05) is 24.3 Å². The first-order valence-corrected chi connectivity index (χ1v) is 7.09. The van der Waals surface area contributed by atoms with Gasteiger partial charge in [-0.1, -0.05) is 18.2 Å². The average molecular weight is 277 g/mol. The number of nitrogens with two attached hydrogens (primary N) is 1. The largest absolute Gasteiger partial charge is 0.492 e. The Kier molecular flexibility index (Phi) is 5.38. The number of carbonyl (C=O) groups is 1. The number of hydrogen-bond acceptors (Lipinski definition) is 4. The van der Waals surface area contributed by atoms with E-state index in [9.17, 15) is 4.79 Å². The number of carbonyl (C=O) groups excluding carboxylic acids is 1. The molecule has 0 radical (unpaired) electrons. The predicted molar refractivity (Wildman–Crippen MR) is 78.5 cm³/mol. The molecule has 5 nitrogen and oxygen atoms in total. The summed E-state index contributed by atoms with van der Waals surface area (Å²) in [5, 5.41) is 2.96. The lowest BCUT2D eigenvalue weighted by Crippen LogP contribution is -2.36. The van der Waals surface area contributed by atoms with Crippen molar-refractivity contribution in [1.82, 2.24) is 10.2 Å². The van der Waals surface area contributed by atoms with E-state index in [-0.39, 0.29) is 11.9 Å². The Bertz CT molecular complexity index is 450. The van der Waals surface area contributed by atoms with Crippen molar-refractivity contribution in [2.45, 2.75) is 25.9 Å². The van der Waals surface area contributed by atoms with Crippen LogP contribution in [0.25, 0.3) is 0 Å². The predicted octanol–water partition coefficient (Wildman–Crippen LogP) is 0.735. The SMILES string of the molecule is CC(=O)NC1CCN(CCOc2ccccc2CN)C1. The zero-order chi connectivity index (χ0) is 14.4. The van der Waals surface area contributed by atoms with E-state index in [2.05, 4.69) is 10.2 Å². The zero-order valence-corrected chi connectivity index (χ0v) is 12.0. The minimum atomic E-state index is 0.0463. The third-order valence-corrected chi connectivity index (χ3v) is 3.54. The molecule has 0 aliphatic carbocycles. The van der Waals surface area contributed by atoms with Gasteiger partial charge in [0.15, 0.2) is 0 Å².